The maximum absolute atomic E-state index is 5.86. The highest BCUT2D eigenvalue weighted by molar-refractivity contribution is 6.09. The molecule has 0 atom stereocenters. The summed E-state index contributed by atoms with van der Waals surface area (Å²) in [5, 5.41) is 2.43. The first kappa shape index (κ1) is 15.0. The van der Waals surface area contributed by atoms with Crippen molar-refractivity contribution in [2.75, 3.05) is 0 Å². The summed E-state index contributed by atoms with van der Waals surface area (Å²) in [6.07, 6.45) is 4.95. The van der Waals surface area contributed by atoms with Gasteiger partial charge in [-0.15, -0.1) is 0 Å². The third-order valence-electron chi connectivity index (χ3n) is 4.61. The molecule has 3 aromatic carbocycles. The van der Waals surface area contributed by atoms with Gasteiger partial charge in [-0.3, -0.25) is 0 Å². The summed E-state index contributed by atoms with van der Waals surface area (Å²) in [5.74, 6) is 0.695. The van der Waals surface area contributed by atoms with Crippen LogP contribution in [0.1, 0.15) is 22.3 Å². The molecule has 1 aliphatic rings. The first-order valence-corrected chi connectivity index (χ1v) is 8.37. The van der Waals surface area contributed by atoms with E-state index in [0.717, 1.165) is 12.0 Å². The Kier molecular flexibility index (Phi) is 3.87. The maximum Gasteiger partial charge on any atom is 0.154 e. The molecule has 118 valence electrons. The SMILES string of the molecule is Cc1ccc2ccccc2c1C1=C(OCl)C=CCc2ccccc21. The zero-order chi connectivity index (χ0) is 16.5. The van der Waals surface area contributed by atoms with Crippen molar-refractivity contribution in [1.29, 1.82) is 0 Å². The van der Waals surface area contributed by atoms with Crippen molar-refractivity contribution < 1.29 is 4.29 Å². The topological polar surface area (TPSA) is 9.23 Å². The third-order valence-corrected chi connectivity index (χ3v) is 4.78. The summed E-state index contributed by atoms with van der Waals surface area (Å²) in [7, 11) is 0. The van der Waals surface area contributed by atoms with Crippen LogP contribution in [0.4, 0.5) is 0 Å². The summed E-state index contributed by atoms with van der Waals surface area (Å²) < 4.78 is 5.26. The van der Waals surface area contributed by atoms with Crippen LogP contribution in [0.3, 0.4) is 0 Å². The number of benzene rings is 3. The van der Waals surface area contributed by atoms with Gasteiger partial charge in [0.2, 0.25) is 0 Å². The number of halogens is 1. The van der Waals surface area contributed by atoms with Gasteiger partial charge >= 0.3 is 0 Å². The van der Waals surface area contributed by atoms with Gasteiger partial charge in [-0.05, 0) is 52.4 Å². The Balaban J connectivity index is 2.13. The predicted octanol–water partition coefficient (Wildman–Crippen LogP) is 6.19. The van der Waals surface area contributed by atoms with Gasteiger partial charge in [-0.25, -0.2) is 0 Å². The largest absolute Gasteiger partial charge is 0.385 e. The lowest BCUT2D eigenvalue weighted by Crippen LogP contribution is -1.99. The molecule has 0 aromatic heterocycles. The molecule has 2 heteroatoms. The maximum atomic E-state index is 5.86. The van der Waals surface area contributed by atoms with Gasteiger partial charge in [0.05, 0.1) is 0 Å². The summed E-state index contributed by atoms with van der Waals surface area (Å²) in [6, 6.07) is 21.2. The molecule has 24 heavy (non-hydrogen) atoms. The summed E-state index contributed by atoms with van der Waals surface area (Å²) in [5.41, 5.74) is 5.91. The monoisotopic (exact) mass is 332 g/mol. The Bertz CT molecular complexity index is 982. The van der Waals surface area contributed by atoms with Crippen LogP contribution < -0.4 is 0 Å². The fourth-order valence-electron chi connectivity index (χ4n) is 3.49. The van der Waals surface area contributed by atoms with E-state index in [-0.39, 0.29) is 0 Å². The van der Waals surface area contributed by atoms with Gasteiger partial charge in [0.25, 0.3) is 0 Å². The molecule has 0 saturated heterocycles. The van der Waals surface area contributed by atoms with Crippen molar-refractivity contribution in [2.24, 2.45) is 0 Å². The van der Waals surface area contributed by atoms with Crippen molar-refractivity contribution in [1.82, 2.24) is 0 Å². The van der Waals surface area contributed by atoms with Gasteiger partial charge in [0.1, 0.15) is 11.9 Å². The average Bonchev–Trinajstić information content (AvgIpc) is 2.81. The fraction of sp³-hybridized carbons (Fsp3) is 0.0909. The summed E-state index contributed by atoms with van der Waals surface area (Å²) in [4.78, 5) is 0. The highest BCUT2D eigenvalue weighted by atomic mass is 35.5. The molecule has 4 rings (SSSR count). The van der Waals surface area contributed by atoms with Gasteiger partial charge in [-0.2, -0.15) is 0 Å². The van der Waals surface area contributed by atoms with Crippen LogP contribution in [0.25, 0.3) is 16.3 Å². The molecule has 0 heterocycles. The normalized spacial score (nSPS) is 13.8. The van der Waals surface area contributed by atoms with E-state index >= 15 is 0 Å². The number of hydrogen-bond acceptors (Lipinski definition) is 1. The van der Waals surface area contributed by atoms with Crippen LogP contribution >= 0.6 is 11.9 Å². The highest BCUT2D eigenvalue weighted by Gasteiger charge is 2.20. The van der Waals surface area contributed by atoms with Gasteiger partial charge in [0.15, 0.2) is 5.76 Å². The van der Waals surface area contributed by atoms with Crippen LogP contribution in [0.5, 0.6) is 0 Å². The Morgan fingerprint density at radius 2 is 1.71 bits per heavy atom. The zero-order valence-corrected chi connectivity index (χ0v) is 14.2. The van der Waals surface area contributed by atoms with Crippen molar-refractivity contribution in [3.63, 3.8) is 0 Å². The van der Waals surface area contributed by atoms with Crippen LogP contribution in [0, 0.1) is 6.92 Å². The van der Waals surface area contributed by atoms with E-state index in [1.807, 2.05) is 6.08 Å². The van der Waals surface area contributed by atoms with E-state index in [1.165, 1.54) is 33.0 Å². The van der Waals surface area contributed by atoms with Crippen molar-refractivity contribution in [2.45, 2.75) is 13.3 Å². The molecule has 0 radical (unpaired) electrons. The molecular weight excluding hydrogens is 316 g/mol. The van der Waals surface area contributed by atoms with E-state index in [4.69, 9.17) is 16.2 Å². The molecule has 0 N–H and O–H groups in total. The van der Waals surface area contributed by atoms with Gasteiger partial charge < -0.3 is 4.29 Å². The Hall–Kier alpha value is -2.51. The quantitative estimate of drug-likeness (QED) is 0.543. The lowest BCUT2D eigenvalue weighted by molar-refractivity contribution is 0.498. The smallest absolute Gasteiger partial charge is 0.154 e. The van der Waals surface area contributed by atoms with Crippen LogP contribution in [-0.4, -0.2) is 0 Å². The average molecular weight is 333 g/mol. The Morgan fingerprint density at radius 3 is 2.58 bits per heavy atom. The fourth-order valence-corrected chi connectivity index (χ4v) is 3.61. The number of fused-ring (bicyclic) bond motifs is 2. The molecule has 0 saturated carbocycles. The number of rotatable bonds is 2. The van der Waals surface area contributed by atoms with Crippen LogP contribution in [-0.2, 0) is 10.7 Å². The highest BCUT2D eigenvalue weighted by Crippen LogP contribution is 2.38. The third kappa shape index (κ3) is 2.42. The van der Waals surface area contributed by atoms with E-state index in [2.05, 4.69) is 73.7 Å². The first-order valence-electron chi connectivity index (χ1n) is 8.06. The molecular formula is C22H17ClO. The summed E-state index contributed by atoms with van der Waals surface area (Å²) in [6.45, 7) is 2.14. The summed E-state index contributed by atoms with van der Waals surface area (Å²) >= 11 is 5.86. The number of allylic oxidation sites excluding steroid dienone is 2. The molecule has 1 nitrogen and oxygen atoms in total. The molecule has 0 amide bonds. The van der Waals surface area contributed by atoms with Gasteiger partial charge in [0, 0.05) is 5.57 Å². The molecule has 1 aliphatic carbocycles. The minimum Gasteiger partial charge on any atom is -0.385 e. The van der Waals surface area contributed by atoms with E-state index < -0.39 is 0 Å². The molecule has 0 unspecified atom stereocenters. The molecule has 3 aromatic rings. The Morgan fingerprint density at radius 1 is 0.917 bits per heavy atom. The molecule has 0 spiro atoms. The first-order chi connectivity index (χ1) is 11.8. The molecule has 0 aliphatic heterocycles. The molecule has 0 fully saturated rings. The van der Waals surface area contributed by atoms with Crippen molar-refractivity contribution in [3.05, 3.63) is 101 Å². The second kappa shape index (κ2) is 6.18. The van der Waals surface area contributed by atoms with E-state index in [0.29, 0.717) is 5.76 Å². The lowest BCUT2D eigenvalue weighted by Gasteiger charge is -2.17. The second-order valence-corrected chi connectivity index (χ2v) is 6.21. The Labute approximate surface area is 147 Å². The lowest BCUT2D eigenvalue weighted by atomic mass is 9.87. The predicted molar refractivity (Wildman–Crippen MR) is 101 cm³/mol. The molecule has 0 bridgehead atoms. The standard InChI is InChI=1S/C22H17ClO/c1-15-13-14-17-8-3-4-10-18(17)21(15)22-19-11-5-2-7-16(19)9-6-12-20(22)24-23/h2-8,10-14H,9H2,1H3. The van der Waals surface area contributed by atoms with Crippen LogP contribution in [0.2, 0.25) is 0 Å². The number of hydrogen-bond donors (Lipinski definition) is 0. The van der Waals surface area contributed by atoms with E-state index in [9.17, 15) is 0 Å². The van der Waals surface area contributed by atoms with Crippen molar-refractivity contribution >= 4 is 28.2 Å². The second-order valence-electron chi connectivity index (χ2n) is 6.06. The van der Waals surface area contributed by atoms with Gasteiger partial charge in [-0.1, -0.05) is 66.7 Å². The van der Waals surface area contributed by atoms with Crippen LogP contribution in [0.15, 0.2) is 78.6 Å². The zero-order valence-electron chi connectivity index (χ0n) is 13.4. The van der Waals surface area contributed by atoms with E-state index in [1.54, 1.807) is 0 Å². The number of aryl methyl sites for hydroxylation is 1. The van der Waals surface area contributed by atoms with Crippen molar-refractivity contribution in [3.8, 4) is 0 Å². The minimum absolute atomic E-state index is 0.695. The minimum atomic E-state index is 0.695.